The lowest BCUT2D eigenvalue weighted by Gasteiger charge is -2.14. The van der Waals surface area contributed by atoms with E-state index in [1.165, 1.54) is 11.1 Å². The molecule has 1 aromatic carbocycles. The molecule has 0 bridgehead atoms. The highest BCUT2D eigenvalue weighted by atomic mass is 127. The first-order valence-electron chi connectivity index (χ1n) is 8.66. The van der Waals surface area contributed by atoms with Crippen molar-refractivity contribution in [3.05, 3.63) is 47.5 Å². The summed E-state index contributed by atoms with van der Waals surface area (Å²) in [7, 11) is 5.95. The molecular weight excluding hydrogens is 441 g/mol. The highest BCUT2D eigenvalue weighted by Gasteiger charge is 2.03. The summed E-state index contributed by atoms with van der Waals surface area (Å²) in [5.74, 6) is 1.80. The van der Waals surface area contributed by atoms with Gasteiger partial charge < -0.3 is 20.1 Å². The Hall–Kier alpha value is -1.68. The molecule has 0 aliphatic carbocycles. The van der Waals surface area contributed by atoms with E-state index in [0.717, 1.165) is 44.4 Å². The van der Waals surface area contributed by atoms with Crippen molar-refractivity contribution in [2.75, 3.05) is 27.7 Å². The Morgan fingerprint density at radius 1 is 1.23 bits per heavy atom. The van der Waals surface area contributed by atoms with E-state index in [1.807, 2.05) is 0 Å². The van der Waals surface area contributed by atoms with Gasteiger partial charge in [-0.2, -0.15) is 0 Å². The number of nitrogens with one attached hydrogen (secondary N) is 2. The van der Waals surface area contributed by atoms with Gasteiger partial charge in [0.1, 0.15) is 12.2 Å². The highest BCUT2D eigenvalue weighted by molar-refractivity contribution is 14.0. The summed E-state index contributed by atoms with van der Waals surface area (Å²) in [6, 6.07) is 8.61. The second kappa shape index (κ2) is 11.8. The number of aliphatic imine (C=N–C) groups is 1. The van der Waals surface area contributed by atoms with Crippen LogP contribution in [0.3, 0.4) is 0 Å². The monoisotopic (exact) mass is 471 g/mol. The number of guanidine groups is 1. The summed E-state index contributed by atoms with van der Waals surface area (Å²) in [5, 5.41) is 14.7. The van der Waals surface area contributed by atoms with E-state index in [2.05, 4.69) is 80.6 Å². The quantitative estimate of drug-likeness (QED) is 0.350. The van der Waals surface area contributed by atoms with Crippen LogP contribution in [0, 0.1) is 0 Å². The fourth-order valence-corrected chi connectivity index (χ4v) is 2.64. The molecule has 0 spiro atoms. The lowest BCUT2D eigenvalue weighted by molar-refractivity contribution is 0.402. The van der Waals surface area contributed by atoms with E-state index in [-0.39, 0.29) is 24.0 Å². The maximum absolute atomic E-state index is 4.28. The fourth-order valence-electron chi connectivity index (χ4n) is 2.64. The van der Waals surface area contributed by atoms with Crippen molar-refractivity contribution in [3.8, 4) is 0 Å². The van der Waals surface area contributed by atoms with Crippen LogP contribution in [0.15, 0.2) is 35.6 Å². The predicted molar refractivity (Wildman–Crippen MR) is 117 cm³/mol. The minimum absolute atomic E-state index is 0. The molecular formula is C18H30IN7. The van der Waals surface area contributed by atoms with Gasteiger partial charge in [-0.05, 0) is 25.2 Å². The number of rotatable bonds is 8. The fraction of sp³-hybridized carbons (Fsp3) is 0.500. The molecule has 0 saturated carbocycles. The first-order valence-corrected chi connectivity index (χ1v) is 8.66. The first-order chi connectivity index (χ1) is 12.1. The Morgan fingerprint density at radius 2 is 2.00 bits per heavy atom. The van der Waals surface area contributed by atoms with Crippen molar-refractivity contribution in [1.82, 2.24) is 30.3 Å². The maximum atomic E-state index is 4.28. The summed E-state index contributed by atoms with van der Waals surface area (Å²) in [6.07, 6.45) is 2.66. The van der Waals surface area contributed by atoms with E-state index < -0.39 is 0 Å². The van der Waals surface area contributed by atoms with E-state index in [1.54, 1.807) is 13.4 Å². The third-order valence-corrected chi connectivity index (χ3v) is 3.83. The minimum Gasteiger partial charge on any atom is -0.355 e. The summed E-state index contributed by atoms with van der Waals surface area (Å²) >= 11 is 0. The molecule has 0 saturated heterocycles. The number of aryl methyl sites for hydroxylation is 1. The topological polar surface area (TPSA) is 70.4 Å². The second-order valence-electron chi connectivity index (χ2n) is 6.20. The predicted octanol–water partition coefficient (Wildman–Crippen LogP) is 1.89. The van der Waals surface area contributed by atoms with E-state index >= 15 is 0 Å². The minimum atomic E-state index is 0. The lowest BCUT2D eigenvalue weighted by atomic mass is 10.1. The van der Waals surface area contributed by atoms with Gasteiger partial charge in [0.15, 0.2) is 5.96 Å². The Bertz CT molecular complexity index is 682. The largest absolute Gasteiger partial charge is 0.355 e. The molecule has 0 radical (unpaired) electrons. The average Bonchev–Trinajstić information content (AvgIpc) is 3.05. The highest BCUT2D eigenvalue weighted by Crippen LogP contribution is 2.06. The number of hydrogen-bond acceptors (Lipinski definition) is 4. The van der Waals surface area contributed by atoms with Crippen molar-refractivity contribution in [3.63, 3.8) is 0 Å². The van der Waals surface area contributed by atoms with Gasteiger partial charge in [0.2, 0.25) is 0 Å². The summed E-state index contributed by atoms with van der Waals surface area (Å²) in [6.45, 7) is 5.35. The van der Waals surface area contributed by atoms with Crippen LogP contribution < -0.4 is 10.6 Å². The first kappa shape index (κ1) is 22.4. The zero-order valence-electron chi connectivity index (χ0n) is 16.1. The molecule has 2 aromatic rings. The molecule has 1 aromatic heterocycles. The van der Waals surface area contributed by atoms with Gasteiger partial charge >= 0.3 is 0 Å². The zero-order valence-corrected chi connectivity index (χ0v) is 18.4. The van der Waals surface area contributed by atoms with Crippen LogP contribution in [-0.2, 0) is 26.1 Å². The molecule has 0 amide bonds. The van der Waals surface area contributed by atoms with Gasteiger partial charge in [-0.15, -0.1) is 34.2 Å². The Labute approximate surface area is 173 Å². The van der Waals surface area contributed by atoms with Crippen molar-refractivity contribution in [2.45, 2.75) is 33.0 Å². The molecule has 1 heterocycles. The molecule has 0 atom stereocenters. The van der Waals surface area contributed by atoms with E-state index in [0.29, 0.717) is 0 Å². The van der Waals surface area contributed by atoms with Crippen LogP contribution in [0.25, 0.3) is 0 Å². The average molecular weight is 471 g/mol. The third-order valence-electron chi connectivity index (χ3n) is 3.83. The van der Waals surface area contributed by atoms with Crippen molar-refractivity contribution >= 4 is 29.9 Å². The standard InChI is InChI=1S/C18H29N7.HI/c1-5-17-23-22-14-25(17)10-9-20-18(19-2)21-12-15-7-6-8-16(11-15)13-24(3)4;/h6-8,11,14H,5,9-10,12-13H2,1-4H3,(H2,19,20,21);1H. The van der Waals surface area contributed by atoms with Crippen molar-refractivity contribution < 1.29 is 0 Å². The molecule has 8 heteroatoms. The molecule has 0 aliphatic heterocycles. The van der Waals surface area contributed by atoms with Crippen LogP contribution in [0.1, 0.15) is 23.9 Å². The SMILES string of the molecule is CCc1nncn1CCNC(=NC)NCc1cccc(CN(C)C)c1.I. The maximum Gasteiger partial charge on any atom is 0.191 e. The molecule has 2 rings (SSSR count). The van der Waals surface area contributed by atoms with Gasteiger partial charge in [-0.25, -0.2) is 0 Å². The van der Waals surface area contributed by atoms with Crippen LogP contribution in [0.2, 0.25) is 0 Å². The number of benzene rings is 1. The lowest BCUT2D eigenvalue weighted by Crippen LogP contribution is -2.38. The van der Waals surface area contributed by atoms with Crippen LogP contribution in [-0.4, -0.2) is 53.3 Å². The summed E-state index contributed by atoms with van der Waals surface area (Å²) in [4.78, 5) is 6.45. The molecule has 0 aliphatic rings. The number of aromatic nitrogens is 3. The van der Waals surface area contributed by atoms with Gasteiger partial charge in [0.25, 0.3) is 0 Å². The van der Waals surface area contributed by atoms with Gasteiger partial charge in [-0.3, -0.25) is 4.99 Å². The van der Waals surface area contributed by atoms with Gasteiger partial charge in [-0.1, -0.05) is 31.2 Å². The Balaban J connectivity index is 0.00000338. The van der Waals surface area contributed by atoms with Gasteiger partial charge in [0, 0.05) is 39.6 Å². The van der Waals surface area contributed by atoms with Crippen molar-refractivity contribution in [1.29, 1.82) is 0 Å². The number of hydrogen-bond donors (Lipinski definition) is 2. The Kier molecular flexibility index (Phi) is 10.2. The van der Waals surface area contributed by atoms with Crippen LogP contribution in [0.4, 0.5) is 0 Å². The molecule has 26 heavy (non-hydrogen) atoms. The summed E-state index contributed by atoms with van der Waals surface area (Å²) < 4.78 is 2.06. The van der Waals surface area contributed by atoms with Crippen LogP contribution in [0.5, 0.6) is 0 Å². The smallest absolute Gasteiger partial charge is 0.191 e. The second-order valence-corrected chi connectivity index (χ2v) is 6.20. The molecule has 0 unspecified atom stereocenters. The third kappa shape index (κ3) is 7.28. The van der Waals surface area contributed by atoms with Crippen molar-refractivity contribution in [2.24, 2.45) is 4.99 Å². The van der Waals surface area contributed by atoms with E-state index in [4.69, 9.17) is 0 Å². The zero-order chi connectivity index (χ0) is 18.1. The summed E-state index contributed by atoms with van der Waals surface area (Å²) in [5.41, 5.74) is 2.56. The van der Waals surface area contributed by atoms with Gasteiger partial charge in [0.05, 0.1) is 0 Å². The molecule has 0 fully saturated rings. The number of nitrogens with zero attached hydrogens (tertiary/aromatic N) is 5. The Morgan fingerprint density at radius 3 is 2.69 bits per heavy atom. The van der Waals surface area contributed by atoms with E-state index in [9.17, 15) is 0 Å². The molecule has 2 N–H and O–H groups in total. The molecule has 7 nitrogen and oxygen atoms in total. The number of halogens is 1. The molecule has 144 valence electrons. The normalized spacial score (nSPS) is 11.3. The van der Waals surface area contributed by atoms with Crippen LogP contribution >= 0.6 is 24.0 Å².